The van der Waals surface area contributed by atoms with E-state index in [2.05, 4.69) is 15.4 Å². The molecule has 0 amide bonds. The lowest BCUT2D eigenvalue weighted by Gasteiger charge is -2.05. The van der Waals surface area contributed by atoms with Gasteiger partial charge in [-0.1, -0.05) is 12.1 Å². The SMILES string of the molecule is NNc1nc(CCl)nc2ccccc12. The van der Waals surface area contributed by atoms with Crippen molar-refractivity contribution in [3.05, 3.63) is 30.1 Å². The molecule has 0 aliphatic heterocycles. The van der Waals surface area contributed by atoms with E-state index in [4.69, 9.17) is 17.4 Å². The molecule has 0 bridgehead atoms. The number of nitrogen functional groups attached to an aromatic ring is 1. The molecule has 0 radical (unpaired) electrons. The minimum absolute atomic E-state index is 0.277. The summed E-state index contributed by atoms with van der Waals surface area (Å²) in [5.41, 5.74) is 3.37. The van der Waals surface area contributed by atoms with Gasteiger partial charge in [0, 0.05) is 5.39 Å². The molecule has 4 nitrogen and oxygen atoms in total. The number of halogens is 1. The van der Waals surface area contributed by atoms with Gasteiger partial charge < -0.3 is 5.43 Å². The van der Waals surface area contributed by atoms with Crippen LogP contribution in [0.5, 0.6) is 0 Å². The van der Waals surface area contributed by atoms with Crippen molar-refractivity contribution in [2.75, 3.05) is 5.43 Å². The van der Waals surface area contributed by atoms with Gasteiger partial charge in [0.05, 0.1) is 11.4 Å². The molecule has 0 unspecified atom stereocenters. The highest BCUT2D eigenvalue weighted by Crippen LogP contribution is 2.19. The topological polar surface area (TPSA) is 63.8 Å². The van der Waals surface area contributed by atoms with Crippen molar-refractivity contribution in [1.29, 1.82) is 0 Å². The number of benzene rings is 1. The minimum Gasteiger partial charge on any atom is -0.308 e. The summed E-state index contributed by atoms with van der Waals surface area (Å²) in [6.45, 7) is 0. The standard InChI is InChI=1S/C9H9ClN4/c10-5-8-12-7-4-2-1-3-6(7)9(13-8)14-11/h1-4H,5,11H2,(H,12,13,14). The summed E-state index contributed by atoms with van der Waals surface area (Å²) in [5.74, 6) is 6.80. The highest BCUT2D eigenvalue weighted by molar-refractivity contribution is 6.16. The van der Waals surface area contributed by atoms with Crippen LogP contribution >= 0.6 is 11.6 Å². The zero-order valence-corrected chi connectivity index (χ0v) is 8.12. The fourth-order valence-electron chi connectivity index (χ4n) is 1.29. The van der Waals surface area contributed by atoms with Gasteiger partial charge in [-0.2, -0.15) is 0 Å². The molecule has 2 rings (SSSR count). The van der Waals surface area contributed by atoms with Crippen LogP contribution in [0.3, 0.4) is 0 Å². The highest BCUT2D eigenvalue weighted by atomic mass is 35.5. The Morgan fingerprint density at radius 1 is 1.29 bits per heavy atom. The van der Waals surface area contributed by atoms with E-state index in [1.165, 1.54) is 0 Å². The Kier molecular flexibility index (Phi) is 2.47. The normalized spacial score (nSPS) is 10.4. The number of nitrogens with two attached hydrogens (primary N) is 1. The van der Waals surface area contributed by atoms with Crippen LogP contribution in [0.15, 0.2) is 24.3 Å². The van der Waals surface area contributed by atoms with E-state index in [-0.39, 0.29) is 5.88 Å². The molecule has 0 spiro atoms. The van der Waals surface area contributed by atoms with Crippen molar-refractivity contribution in [1.82, 2.24) is 9.97 Å². The molecule has 2 aromatic rings. The van der Waals surface area contributed by atoms with E-state index in [0.717, 1.165) is 10.9 Å². The van der Waals surface area contributed by atoms with Crippen LogP contribution in [0.4, 0.5) is 5.82 Å². The van der Waals surface area contributed by atoms with Crippen molar-refractivity contribution in [3.8, 4) is 0 Å². The van der Waals surface area contributed by atoms with Crippen molar-refractivity contribution >= 4 is 28.3 Å². The molecular weight excluding hydrogens is 200 g/mol. The first-order chi connectivity index (χ1) is 6.85. The van der Waals surface area contributed by atoms with Crippen molar-refractivity contribution in [3.63, 3.8) is 0 Å². The second kappa shape index (κ2) is 3.77. The van der Waals surface area contributed by atoms with Crippen molar-refractivity contribution < 1.29 is 0 Å². The summed E-state index contributed by atoms with van der Waals surface area (Å²) in [4.78, 5) is 8.42. The van der Waals surface area contributed by atoms with Crippen molar-refractivity contribution in [2.45, 2.75) is 5.88 Å². The number of anilines is 1. The summed E-state index contributed by atoms with van der Waals surface area (Å²) in [5, 5.41) is 0.892. The first kappa shape index (κ1) is 9.18. The summed E-state index contributed by atoms with van der Waals surface area (Å²) in [7, 11) is 0. The number of hydrogen-bond acceptors (Lipinski definition) is 4. The average molecular weight is 209 g/mol. The molecule has 14 heavy (non-hydrogen) atoms. The summed E-state index contributed by atoms with van der Waals surface area (Å²) < 4.78 is 0. The van der Waals surface area contributed by atoms with E-state index in [1.54, 1.807) is 0 Å². The number of fused-ring (bicyclic) bond motifs is 1. The predicted molar refractivity (Wildman–Crippen MR) is 56.9 cm³/mol. The lowest BCUT2D eigenvalue weighted by atomic mass is 10.2. The van der Waals surface area contributed by atoms with Gasteiger partial charge in [-0.25, -0.2) is 15.8 Å². The van der Waals surface area contributed by atoms with Crippen LogP contribution in [0, 0.1) is 0 Å². The maximum absolute atomic E-state index is 5.66. The fourth-order valence-corrected chi connectivity index (χ4v) is 1.41. The number of nitrogens with zero attached hydrogens (tertiary/aromatic N) is 2. The molecule has 0 fully saturated rings. The second-order valence-corrected chi connectivity index (χ2v) is 3.05. The number of hydrazine groups is 1. The molecular formula is C9H9ClN4. The van der Waals surface area contributed by atoms with Crippen LogP contribution in [0.2, 0.25) is 0 Å². The third kappa shape index (κ3) is 1.49. The summed E-state index contributed by atoms with van der Waals surface area (Å²) in [6, 6.07) is 7.62. The van der Waals surface area contributed by atoms with Crippen LogP contribution in [-0.2, 0) is 5.88 Å². The third-order valence-electron chi connectivity index (χ3n) is 1.91. The molecule has 0 atom stereocenters. The van der Waals surface area contributed by atoms with Gasteiger partial charge in [-0.15, -0.1) is 11.6 Å². The predicted octanol–water partition coefficient (Wildman–Crippen LogP) is 1.65. The van der Waals surface area contributed by atoms with Gasteiger partial charge in [0.2, 0.25) is 0 Å². The number of aromatic nitrogens is 2. The minimum atomic E-state index is 0.277. The van der Waals surface area contributed by atoms with E-state index >= 15 is 0 Å². The quantitative estimate of drug-likeness (QED) is 0.448. The maximum atomic E-state index is 5.66. The average Bonchev–Trinajstić information content (AvgIpc) is 2.27. The first-order valence-electron chi connectivity index (χ1n) is 4.13. The zero-order chi connectivity index (χ0) is 9.97. The largest absolute Gasteiger partial charge is 0.308 e. The lowest BCUT2D eigenvalue weighted by molar-refractivity contribution is 1.05. The third-order valence-corrected chi connectivity index (χ3v) is 2.14. The fraction of sp³-hybridized carbons (Fsp3) is 0.111. The van der Waals surface area contributed by atoms with E-state index in [0.29, 0.717) is 11.6 Å². The summed E-state index contributed by atoms with van der Waals surface area (Å²) in [6.07, 6.45) is 0. The van der Waals surface area contributed by atoms with Gasteiger partial charge in [-0.3, -0.25) is 0 Å². The summed E-state index contributed by atoms with van der Waals surface area (Å²) >= 11 is 5.66. The van der Waals surface area contributed by atoms with Gasteiger partial charge in [0.15, 0.2) is 5.82 Å². The van der Waals surface area contributed by atoms with E-state index in [9.17, 15) is 0 Å². The maximum Gasteiger partial charge on any atom is 0.151 e. The van der Waals surface area contributed by atoms with Crippen LogP contribution in [-0.4, -0.2) is 9.97 Å². The van der Waals surface area contributed by atoms with Gasteiger partial charge >= 0.3 is 0 Å². The molecule has 0 aliphatic carbocycles. The Balaban J connectivity index is 2.73. The molecule has 0 saturated heterocycles. The molecule has 1 aromatic heterocycles. The Bertz CT molecular complexity index is 458. The molecule has 0 saturated carbocycles. The lowest BCUT2D eigenvalue weighted by Crippen LogP contribution is -2.10. The van der Waals surface area contributed by atoms with E-state index in [1.807, 2.05) is 24.3 Å². The molecule has 1 aromatic carbocycles. The number of nitrogens with one attached hydrogen (secondary N) is 1. The van der Waals surface area contributed by atoms with Crippen LogP contribution < -0.4 is 11.3 Å². The molecule has 1 heterocycles. The van der Waals surface area contributed by atoms with Gasteiger partial charge in [-0.05, 0) is 12.1 Å². The van der Waals surface area contributed by atoms with Gasteiger partial charge in [0.1, 0.15) is 5.82 Å². The number of rotatable bonds is 2. The Labute approximate surface area is 86.1 Å². The number of para-hydroxylation sites is 1. The van der Waals surface area contributed by atoms with Crippen LogP contribution in [0.25, 0.3) is 10.9 Å². The highest BCUT2D eigenvalue weighted by Gasteiger charge is 2.04. The first-order valence-corrected chi connectivity index (χ1v) is 4.67. The van der Waals surface area contributed by atoms with Gasteiger partial charge in [0.25, 0.3) is 0 Å². The molecule has 72 valence electrons. The Morgan fingerprint density at radius 2 is 2.07 bits per heavy atom. The molecule has 5 heteroatoms. The zero-order valence-electron chi connectivity index (χ0n) is 7.37. The smallest absolute Gasteiger partial charge is 0.151 e. The van der Waals surface area contributed by atoms with Crippen molar-refractivity contribution in [2.24, 2.45) is 5.84 Å². The molecule has 3 N–H and O–H groups in total. The Hall–Kier alpha value is -1.39. The molecule has 0 aliphatic rings. The second-order valence-electron chi connectivity index (χ2n) is 2.78. The number of alkyl halides is 1. The van der Waals surface area contributed by atoms with E-state index < -0.39 is 0 Å². The van der Waals surface area contributed by atoms with Crippen LogP contribution in [0.1, 0.15) is 5.82 Å². The number of hydrogen-bond donors (Lipinski definition) is 2. The Morgan fingerprint density at radius 3 is 2.79 bits per heavy atom. The monoisotopic (exact) mass is 208 g/mol.